The Balaban J connectivity index is 1.01. The number of benzene rings is 2. The molecule has 0 fully saturated rings. The van der Waals surface area contributed by atoms with Crippen molar-refractivity contribution in [2.24, 2.45) is 0 Å². The van der Waals surface area contributed by atoms with E-state index in [9.17, 15) is 0 Å². The van der Waals surface area contributed by atoms with Gasteiger partial charge in [0, 0.05) is 22.3 Å². The second kappa shape index (κ2) is 14.2. The van der Waals surface area contributed by atoms with Crippen molar-refractivity contribution in [1.29, 1.82) is 0 Å². The highest BCUT2D eigenvalue weighted by Crippen LogP contribution is 2.23. The molecule has 46 heavy (non-hydrogen) atoms. The molecule has 6 aromatic rings. The zero-order chi connectivity index (χ0) is 31.0. The number of nitrogens with zero attached hydrogens (tertiary/aromatic N) is 16. The van der Waals surface area contributed by atoms with Gasteiger partial charge in [-0.2, -0.15) is 19.2 Å². The van der Waals surface area contributed by atoms with Gasteiger partial charge in [-0.05, 0) is 58.7 Å². The molecule has 4 aromatic heterocycles. The molecule has 0 unspecified atom stereocenters. The Morgan fingerprint density at radius 2 is 0.609 bits per heavy atom. The predicted octanol–water partition coefficient (Wildman–Crippen LogP) is 3.92. The molecule has 16 nitrogen and oxygen atoms in total. The van der Waals surface area contributed by atoms with E-state index in [1.165, 1.54) is 0 Å². The smallest absolute Gasteiger partial charge is 0.164 e. The van der Waals surface area contributed by atoms with Gasteiger partial charge in [-0.3, -0.25) is 0 Å². The molecular formula is C30H36N16. The van der Waals surface area contributed by atoms with Gasteiger partial charge in [0.1, 0.15) is 0 Å². The van der Waals surface area contributed by atoms with Gasteiger partial charge in [-0.1, -0.05) is 74.9 Å². The minimum absolute atomic E-state index is 0.590. The maximum Gasteiger partial charge on any atom is 0.204 e. The highest BCUT2D eigenvalue weighted by Gasteiger charge is 2.13. The van der Waals surface area contributed by atoms with Gasteiger partial charge < -0.3 is 0 Å². The lowest BCUT2D eigenvalue weighted by molar-refractivity contribution is 0.452. The van der Waals surface area contributed by atoms with Crippen molar-refractivity contribution < 1.29 is 0 Å². The lowest BCUT2D eigenvalue weighted by Crippen LogP contribution is -2.04. The van der Waals surface area contributed by atoms with E-state index in [2.05, 4.69) is 61.6 Å². The van der Waals surface area contributed by atoms with Gasteiger partial charge in [0.2, 0.25) is 23.3 Å². The van der Waals surface area contributed by atoms with Crippen molar-refractivity contribution in [2.45, 2.75) is 90.4 Å². The molecule has 12 bridgehead atoms. The van der Waals surface area contributed by atoms with E-state index < -0.39 is 0 Å². The maximum atomic E-state index is 4.61. The summed E-state index contributed by atoms with van der Waals surface area (Å²) in [6.07, 6.45) is 10.4. The van der Waals surface area contributed by atoms with Gasteiger partial charge in [-0.25, -0.2) is 0 Å². The zero-order valence-electron chi connectivity index (χ0n) is 25.7. The van der Waals surface area contributed by atoms with Crippen molar-refractivity contribution in [3.8, 4) is 45.6 Å². The highest BCUT2D eigenvalue weighted by atomic mass is 15.6. The third-order valence-corrected chi connectivity index (χ3v) is 8.00. The molecule has 1 aliphatic rings. The van der Waals surface area contributed by atoms with Crippen LogP contribution in [-0.2, 0) is 26.2 Å². The standard InChI is InChI=1S/C30H36N16/c1-3-7-17-43-35-27(31-39-43)23-13-11-15-25(21-23)29-33-41-45(37-29)19-9-5-2-6-10-20-46-38-30(34-42-46)26-16-12-14-24(22-26)28-32-40-44(36-28)18-8-4-1/h11-16,21-22H,1-10,17-20H2. The van der Waals surface area contributed by atoms with Gasteiger partial charge >= 0.3 is 0 Å². The second-order valence-electron chi connectivity index (χ2n) is 11.5. The highest BCUT2D eigenvalue weighted by molar-refractivity contribution is 5.66. The average Bonchev–Trinajstić information content (AvgIpc) is 3.92. The number of aromatic nitrogens is 16. The van der Waals surface area contributed by atoms with E-state index in [1.807, 2.05) is 48.5 Å². The Morgan fingerprint density at radius 1 is 0.348 bits per heavy atom. The molecule has 5 heterocycles. The quantitative estimate of drug-likeness (QED) is 0.240. The summed E-state index contributed by atoms with van der Waals surface area (Å²) >= 11 is 0. The van der Waals surface area contributed by atoms with Crippen LogP contribution in [0.4, 0.5) is 0 Å². The van der Waals surface area contributed by atoms with Crippen LogP contribution in [0.3, 0.4) is 0 Å². The van der Waals surface area contributed by atoms with Crippen LogP contribution in [0.15, 0.2) is 48.5 Å². The van der Waals surface area contributed by atoms with Crippen molar-refractivity contribution in [1.82, 2.24) is 80.8 Å². The van der Waals surface area contributed by atoms with Crippen molar-refractivity contribution >= 4 is 0 Å². The van der Waals surface area contributed by atoms with Crippen molar-refractivity contribution in [3.05, 3.63) is 48.5 Å². The molecule has 0 N–H and O–H groups in total. The molecule has 7 rings (SSSR count). The summed E-state index contributed by atoms with van der Waals surface area (Å²) in [6.45, 7) is 2.89. The Bertz CT molecular complexity index is 1590. The maximum absolute atomic E-state index is 4.61. The van der Waals surface area contributed by atoms with Crippen LogP contribution in [0.25, 0.3) is 45.6 Å². The third-order valence-electron chi connectivity index (χ3n) is 8.00. The number of hydrogen-bond acceptors (Lipinski definition) is 12. The van der Waals surface area contributed by atoms with Crippen molar-refractivity contribution in [2.75, 3.05) is 0 Å². The fourth-order valence-electron chi connectivity index (χ4n) is 5.48. The minimum Gasteiger partial charge on any atom is -0.164 e. The molecule has 16 heteroatoms. The molecule has 0 saturated carbocycles. The first kappa shape index (κ1) is 29.4. The van der Waals surface area contributed by atoms with Gasteiger partial charge in [0.15, 0.2) is 0 Å². The second-order valence-corrected chi connectivity index (χ2v) is 11.5. The molecular weight excluding hydrogens is 584 g/mol. The molecule has 0 radical (unpaired) electrons. The van der Waals surface area contributed by atoms with Crippen LogP contribution in [0.5, 0.6) is 0 Å². The van der Waals surface area contributed by atoms with Crippen LogP contribution in [0, 0.1) is 0 Å². The molecule has 0 amide bonds. The van der Waals surface area contributed by atoms with Gasteiger partial charge in [0.05, 0.1) is 26.2 Å². The fourth-order valence-corrected chi connectivity index (χ4v) is 5.48. The van der Waals surface area contributed by atoms with E-state index >= 15 is 0 Å². The Morgan fingerprint density at radius 3 is 0.891 bits per heavy atom. The minimum atomic E-state index is 0.590. The Hall–Kier alpha value is -5.28. The zero-order valence-corrected chi connectivity index (χ0v) is 25.7. The normalized spacial score (nSPS) is 15.5. The lowest BCUT2D eigenvalue weighted by Gasteiger charge is -2.02. The number of hydrogen-bond donors (Lipinski definition) is 0. The molecule has 0 saturated heterocycles. The summed E-state index contributed by atoms with van der Waals surface area (Å²) in [5, 5.41) is 52.6. The predicted molar refractivity (Wildman–Crippen MR) is 166 cm³/mol. The van der Waals surface area contributed by atoms with Crippen LogP contribution >= 0.6 is 0 Å². The summed E-state index contributed by atoms with van der Waals surface area (Å²) in [7, 11) is 0. The summed E-state index contributed by atoms with van der Waals surface area (Å²) in [6, 6.07) is 15.8. The summed E-state index contributed by atoms with van der Waals surface area (Å²) in [5.41, 5.74) is 3.50. The Kier molecular flexibility index (Phi) is 9.10. The van der Waals surface area contributed by atoms with Crippen LogP contribution in [-0.4, -0.2) is 80.8 Å². The van der Waals surface area contributed by atoms with Crippen molar-refractivity contribution in [3.63, 3.8) is 0 Å². The molecule has 0 atom stereocenters. The van der Waals surface area contributed by atoms with E-state index in [0.29, 0.717) is 23.3 Å². The lowest BCUT2D eigenvalue weighted by atomic mass is 10.1. The molecule has 0 aliphatic carbocycles. The monoisotopic (exact) mass is 620 g/mol. The third kappa shape index (κ3) is 7.33. The average molecular weight is 621 g/mol. The number of rotatable bonds is 0. The Labute approximate surface area is 265 Å². The van der Waals surface area contributed by atoms with Crippen LogP contribution < -0.4 is 0 Å². The molecule has 0 spiro atoms. The first-order valence-corrected chi connectivity index (χ1v) is 16.1. The van der Waals surface area contributed by atoms with E-state index in [1.54, 1.807) is 19.2 Å². The van der Waals surface area contributed by atoms with Gasteiger partial charge in [-0.15, -0.1) is 40.8 Å². The number of fused-ring (bicyclic) bond motifs is 16. The van der Waals surface area contributed by atoms with E-state index in [4.69, 9.17) is 0 Å². The number of tetrazole rings is 4. The van der Waals surface area contributed by atoms with Crippen LogP contribution in [0.1, 0.15) is 64.2 Å². The SMILES string of the molecule is c1cc2cc(c1)-c1nnn(n1)CCCCCCCn1nnc(n1)-c1cccc(c1)-c1nnn(n1)CCCCCCCn1nnc-2n1. The van der Waals surface area contributed by atoms with E-state index in [0.717, 1.165) is 113 Å². The summed E-state index contributed by atoms with van der Waals surface area (Å²) in [4.78, 5) is 6.70. The largest absolute Gasteiger partial charge is 0.204 e. The summed E-state index contributed by atoms with van der Waals surface area (Å²) in [5.74, 6) is 2.36. The first-order chi connectivity index (χ1) is 22.8. The summed E-state index contributed by atoms with van der Waals surface area (Å²) < 4.78 is 0. The van der Waals surface area contributed by atoms with Crippen LogP contribution in [0.2, 0.25) is 0 Å². The molecule has 236 valence electrons. The van der Waals surface area contributed by atoms with E-state index in [-0.39, 0.29) is 0 Å². The number of aryl methyl sites for hydroxylation is 4. The molecule has 1 aliphatic heterocycles. The topological polar surface area (TPSA) is 174 Å². The van der Waals surface area contributed by atoms with Gasteiger partial charge in [0.25, 0.3) is 0 Å². The fraction of sp³-hybridized carbons (Fsp3) is 0.467. The first-order valence-electron chi connectivity index (χ1n) is 16.1. The molecule has 2 aromatic carbocycles.